The fourth-order valence-corrected chi connectivity index (χ4v) is 14.9. The van der Waals surface area contributed by atoms with Gasteiger partial charge in [0.1, 0.15) is 0 Å². The zero-order chi connectivity index (χ0) is 68.4. The molecule has 0 fully saturated rings. The summed E-state index contributed by atoms with van der Waals surface area (Å²) < 4.78 is 5.53. The van der Waals surface area contributed by atoms with Crippen LogP contribution in [0.5, 0.6) is 0 Å². The molecular weight excluding hydrogens is 1160 g/mol. The lowest BCUT2D eigenvalue weighted by atomic mass is 10.0. The molecular formula is C89H177NO5. The number of hydrogen-bond acceptors (Lipinski definition) is 5. The summed E-state index contributed by atoms with van der Waals surface area (Å²) in [5.74, 6) is 0.00796. The Kier molecular flexibility index (Phi) is 84.2. The van der Waals surface area contributed by atoms with Crippen LogP contribution in [0.3, 0.4) is 0 Å². The smallest absolute Gasteiger partial charge is 0.305 e. The van der Waals surface area contributed by atoms with Crippen LogP contribution >= 0.6 is 0 Å². The van der Waals surface area contributed by atoms with E-state index >= 15 is 0 Å². The minimum Gasteiger partial charge on any atom is -0.466 e. The molecule has 0 spiro atoms. The van der Waals surface area contributed by atoms with Gasteiger partial charge in [-0.25, -0.2) is 0 Å². The number of aliphatic hydroxyl groups is 2. The van der Waals surface area contributed by atoms with Gasteiger partial charge in [-0.1, -0.05) is 495 Å². The van der Waals surface area contributed by atoms with Crippen molar-refractivity contribution in [1.29, 1.82) is 0 Å². The van der Waals surface area contributed by atoms with Crippen molar-refractivity contribution in [3.05, 3.63) is 0 Å². The molecule has 0 aromatic heterocycles. The molecule has 6 nitrogen and oxygen atoms in total. The van der Waals surface area contributed by atoms with Crippen LogP contribution in [0, 0.1) is 0 Å². The fourth-order valence-electron chi connectivity index (χ4n) is 14.9. The molecule has 0 aliphatic rings. The van der Waals surface area contributed by atoms with E-state index in [0.717, 1.165) is 38.5 Å². The number of amides is 1. The predicted octanol–water partition coefficient (Wildman–Crippen LogP) is 30.0. The molecule has 0 aromatic carbocycles. The first kappa shape index (κ1) is 93.9. The van der Waals surface area contributed by atoms with Crippen molar-refractivity contribution in [2.24, 2.45) is 0 Å². The van der Waals surface area contributed by atoms with E-state index in [2.05, 4.69) is 19.2 Å². The monoisotopic (exact) mass is 1340 g/mol. The van der Waals surface area contributed by atoms with E-state index < -0.39 is 12.1 Å². The van der Waals surface area contributed by atoms with Crippen molar-refractivity contribution < 1.29 is 24.5 Å². The molecule has 0 aromatic rings. The van der Waals surface area contributed by atoms with Crippen molar-refractivity contribution in [3.8, 4) is 0 Å². The van der Waals surface area contributed by atoms with Crippen LogP contribution in [-0.2, 0) is 14.3 Å². The van der Waals surface area contributed by atoms with Gasteiger partial charge < -0.3 is 20.3 Å². The number of ether oxygens (including phenoxy) is 1. The maximum absolute atomic E-state index is 12.6. The van der Waals surface area contributed by atoms with Crippen molar-refractivity contribution in [3.63, 3.8) is 0 Å². The summed E-state index contributed by atoms with van der Waals surface area (Å²) in [6, 6.07) is -0.537. The highest BCUT2D eigenvalue weighted by molar-refractivity contribution is 5.76. The van der Waals surface area contributed by atoms with Crippen molar-refractivity contribution in [2.75, 3.05) is 13.2 Å². The summed E-state index contributed by atoms with van der Waals surface area (Å²) in [5.41, 5.74) is 0. The number of hydrogen-bond donors (Lipinski definition) is 3. The molecule has 0 radical (unpaired) electrons. The highest BCUT2D eigenvalue weighted by Crippen LogP contribution is 2.22. The summed E-state index contributed by atoms with van der Waals surface area (Å²) in [5, 5.41) is 23.5. The first-order valence-corrected chi connectivity index (χ1v) is 44.8. The summed E-state index contributed by atoms with van der Waals surface area (Å²) in [6.07, 6.45) is 108. The Morgan fingerprint density at radius 3 is 0.642 bits per heavy atom. The topological polar surface area (TPSA) is 95.9 Å². The summed E-state index contributed by atoms with van der Waals surface area (Å²) in [7, 11) is 0. The van der Waals surface area contributed by atoms with Gasteiger partial charge in [-0.15, -0.1) is 0 Å². The summed E-state index contributed by atoms with van der Waals surface area (Å²) in [6.45, 7) is 5.03. The molecule has 0 rings (SSSR count). The van der Waals surface area contributed by atoms with Gasteiger partial charge in [0, 0.05) is 12.8 Å². The second-order valence-electron chi connectivity index (χ2n) is 31.3. The minimum absolute atomic E-state index is 0.0223. The second-order valence-corrected chi connectivity index (χ2v) is 31.3. The average Bonchev–Trinajstić information content (AvgIpc) is 3.62. The number of carbonyl (C=O) groups excluding carboxylic acids is 2. The fraction of sp³-hybridized carbons (Fsp3) is 0.978. The van der Waals surface area contributed by atoms with Crippen LogP contribution in [0.15, 0.2) is 0 Å². The minimum atomic E-state index is -0.660. The second kappa shape index (κ2) is 85.3. The number of carbonyl (C=O) groups is 2. The normalized spacial score (nSPS) is 12.3. The van der Waals surface area contributed by atoms with E-state index in [1.54, 1.807) is 0 Å². The molecule has 3 N–H and O–H groups in total. The molecule has 95 heavy (non-hydrogen) atoms. The Balaban J connectivity index is 3.28. The SMILES string of the molecule is CCCCCCCCCCCCCCCCCCCCCCCC(O)C(CO)NC(=O)CCCCCCCCCCCCCCCCCCCCCCCCCCCCCCCCCCCCCCCCCOC(=O)CCCCCCCCCCCCCCCCCCCC. The van der Waals surface area contributed by atoms with E-state index in [1.165, 1.54) is 462 Å². The first-order valence-electron chi connectivity index (χ1n) is 44.8. The van der Waals surface area contributed by atoms with Crippen molar-refractivity contribution >= 4 is 11.9 Å². The Morgan fingerprint density at radius 2 is 0.432 bits per heavy atom. The molecule has 0 aliphatic heterocycles. The zero-order valence-electron chi connectivity index (χ0n) is 65.5. The van der Waals surface area contributed by atoms with Crippen LogP contribution in [0.2, 0.25) is 0 Å². The molecule has 0 aliphatic carbocycles. The molecule has 0 saturated heterocycles. The lowest BCUT2D eigenvalue weighted by Crippen LogP contribution is -2.45. The molecule has 568 valence electrons. The highest BCUT2D eigenvalue weighted by Gasteiger charge is 2.20. The highest BCUT2D eigenvalue weighted by atomic mass is 16.5. The van der Waals surface area contributed by atoms with Crippen LogP contribution in [0.4, 0.5) is 0 Å². The predicted molar refractivity (Wildman–Crippen MR) is 421 cm³/mol. The van der Waals surface area contributed by atoms with Crippen LogP contribution < -0.4 is 5.32 Å². The lowest BCUT2D eigenvalue weighted by molar-refractivity contribution is -0.143. The first-order chi connectivity index (χ1) is 47.0. The van der Waals surface area contributed by atoms with Crippen molar-refractivity contribution in [1.82, 2.24) is 5.32 Å². The molecule has 0 heterocycles. The maximum Gasteiger partial charge on any atom is 0.305 e. The van der Waals surface area contributed by atoms with E-state index in [4.69, 9.17) is 4.74 Å². The molecule has 2 atom stereocenters. The zero-order valence-corrected chi connectivity index (χ0v) is 65.5. The Morgan fingerprint density at radius 1 is 0.253 bits per heavy atom. The van der Waals surface area contributed by atoms with Gasteiger partial charge in [0.25, 0.3) is 0 Å². The van der Waals surface area contributed by atoms with E-state index in [0.29, 0.717) is 25.9 Å². The number of rotatable bonds is 86. The standard InChI is InChI=1S/C89H177NO5/c1-3-5-7-9-11-13-15-17-19-21-23-43-46-49-53-57-61-65-69-73-77-81-87(92)86(85-91)90-88(93)82-78-74-70-66-62-58-54-50-47-44-41-39-37-35-33-31-29-27-25-24-26-28-30-32-34-36-38-40-42-45-48-52-56-60-64-68-72-76-80-84-95-89(94)83-79-75-71-67-63-59-55-51-22-20-18-16-14-12-10-8-6-4-2/h86-87,91-92H,3-85H2,1-2H3,(H,90,93). The quantitative estimate of drug-likeness (QED) is 0.0417. The average molecular weight is 1340 g/mol. The van der Waals surface area contributed by atoms with Gasteiger partial charge >= 0.3 is 5.97 Å². The third-order valence-corrected chi connectivity index (χ3v) is 21.7. The lowest BCUT2D eigenvalue weighted by Gasteiger charge is -2.22. The van der Waals surface area contributed by atoms with E-state index in [-0.39, 0.29) is 18.5 Å². The molecule has 2 unspecified atom stereocenters. The van der Waals surface area contributed by atoms with Gasteiger partial charge in [0.2, 0.25) is 5.91 Å². The van der Waals surface area contributed by atoms with Gasteiger partial charge in [0.15, 0.2) is 0 Å². The molecule has 1 amide bonds. The van der Waals surface area contributed by atoms with E-state index in [9.17, 15) is 19.8 Å². The van der Waals surface area contributed by atoms with Gasteiger partial charge in [-0.3, -0.25) is 9.59 Å². The Hall–Kier alpha value is -1.14. The third-order valence-electron chi connectivity index (χ3n) is 21.7. The Labute approximate surface area is 597 Å². The molecule has 6 heteroatoms. The molecule has 0 bridgehead atoms. The van der Waals surface area contributed by atoms with Crippen LogP contribution in [-0.4, -0.2) is 47.4 Å². The number of nitrogens with one attached hydrogen (secondary N) is 1. The number of esters is 1. The number of unbranched alkanes of at least 4 members (excludes halogenated alkanes) is 75. The van der Waals surface area contributed by atoms with E-state index in [1.807, 2.05) is 0 Å². The largest absolute Gasteiger partial charge is 0.466 e. The third kappa shape index (κ3) is 81.7. The van der Waals surface area contributed by atoms with Crippen LogP contribution in [0.25, 0.3) is 0 Å². The van der Waals surface area contributed by atoms with Gasteiger partial charge in [-0.2, -0.15) is 0 Å². The van der Waals surface area contributed by atoms with Crippen molar-refractivity contribution in [2.45, 2.75) is 546 Å². The maximum atomic E-state index is 12.6. The molecule has 0 saturated carbocycles. The summed E-state index contributed by atoms with van der Waals surface area (Å²) >= 11 is 0. The number of aliphatic hydroxyl groups excluding tert-OH is 2. The van der Waals surface area contributed by atoms with Gasteiger partial charge in [0.05, 0.1) is 25.4 Å². The Bertz CT molecular complexity index is 1410. The van der Waals surface area contributed by atoms with Crippen LogP contribution in [0.1, 0.15) is 534 Å². The van der Waals surface area contributed by atoms with Gasteiger partial charge in [-0.05, 0) is 25.7 Å². The summed E-state index contributed by atoms with van der Waals surface area (Å²) in [4.78, 5) is 24.7.